The Morgan fingerprint density at radius 1 is 0.593 bits per heavy atom. The minimum absolute atomic E-state index is 0. The van der Waals surface area contributed by atoms with E-state index in [-0.39, 0.29) is 81.3 Å². The van der Waals surface area contributed by atoms with Gasteiger partial charge >= 0.3 is 0 Å². The number of aryl methyl sites for hydroxylation is 6. The van der Waals surface area contributed by atoms with E-state index in [1.807, 2.05) is 32.9 Å². The number of furan rings is 1. The molecule has 3 nitrogen and oxygen atoms in total. The van der Waals surface area contributed by atoms with Crippen LogP contribution in [0.25, 0.3) is 66.7 Å². The monoisotopic (exact) mass is 901 g/mol. The zero-order valence-electron chi connectivity index (χ0n) is 47.6. The Hall–Kier alpha value is -5.15. The average Bonchev–Trinajstić information content (AvgIpc) is 3.65. The van der Waals surface area contributed by atoms with Gasteiger partial charge in [0.05, 0.1) is 5.58 Å². The Kier molecular flexibility index (Phi) is 6.29. The van der Waals surface area contributed by atoms with E-state index < -0.39 is 41.1 Å². The van der Waals surface area contributed by atoms with Gasteiger partial charge in [0, 0.05) is 62.6 Å². The van der Waals surface area contributed by atoms with Crippen molar-refractivity contribution in [1.29, 1.82) is 0 Å². The molecule has 0 aliphatic heterocycles. The van der Waals surface area contributed by atoms with Crippen molar-refractivity contribution in [3.05, 3.63) is 167 Å². The smallest absolute Gasteiger partial charge is 0.120 e. The van der Waals surface area contributed by atoms with Crippen molar-refractivity contribution >= 4 is 21.9 Å². The molecule has 0 aliphatic carbocycles. The molecule has 0 aliphatic rings. The first-order valence-electron chi connectivity index (χ1n) is 25.8. The molecule has 0 unspecified atom stereocenters. The normalized spacial score (nSPS) is 17.6. The van der Waals surface area contributed by atoms with Crippen LogP contribution in [-0.2, 0) is 25.5 Å². The van der Waals surface area contributed by atoms with Gasteiger partial charge < -0.3 is 14.4 Å². The first-order valence-corrected chi connectivity index (χ1v) is 16.8. The van der Waals surface area contributed by atoms with Crippen molar-refractivity contribution in [3.63, 3.8) is 0 Å². The molecule has 0 bridgehead atoms. The maximum Gasteiger partial charge on any atom is 0.120 e. The van der Waals surface area contributed by atoms with E-state index in [0.717, 1.165) is 11.8 Å². The van der Waals surface area contributed by atoms with Crippen LogP contribution in [0, 0.1) is 53.2 Å². The maximum absolute atomic E-state index is 8.51. The van der Waals surface area contributed by atoms with Crippen molar-refractivity contribution in [2.45, 2.75) is 67.3 Å². The summed E-state index contributed by atoms with van der Waals surface area (Å²) < 4.78 is 149. The molecular formula is C50H46IrN2O-2. The van der Waals surface area contributed by atoms with Gasteiger partial charge in [0.1, 0.15) is 5.58 Å². The second kappa shape index (κ2) is 15.7. The fourth-order valence-electron chi connectivity index (χ4n) is 6.10. The second-order valence-corrected chi connectivity index (χ2v) is 13.7. The molecule has 0 saturated carbocycles. The third kappa shape index (κ3) is 8.02. The molecule has 8 aromatic rings. The fourth-order valence-corrected chi connectivity index (χ4v) is 6.10. The van der Waals surface area contributed by atoms with Gasteiger partial charge in [-0.1, -0.05) is 105 Å². The van der Waals surface area contributed by atoms with E-state index in [2.05, 4.69) is 22.1 Å². The largest absolute Gasteiger partial charge is 0.501 e. The molecule has 8 rings (SSSR count). The number of hydrogen-bond donors (Lipinski definition) is 0. The van der Waals surface area contributed by atoms with Crippen molar-refractivity contribution in [3.8, 4) is 44.8 Å². The predicted octanol–water partition coefficient (Wildman–Crippen LogP) is 13.5. The van der Waals surface area contributed by atoms with E-state index in [9.17, 15) is 0 Å². The summed E-state index contributed by atoms with van der Waals surface area (Å²) in [7, 11) is 0. The van der Waals surface area contributed by atoms with Crippen molar-refractivity contribution in [2.75, 3.05) is 0 Å². The van der Waals surface area contributed by atoms with E-state index in [4.69, 9.17) is 29.1 Å². The molecule has 3 aromatic heterocycles. The minimum Gasteiger partial charge on any atom is -0.501 e. The van der Waals surface area contributed by atoms with Crippen LogP contribution >= 0.6 is 0 Å². The van der Waals surface area contributed by atoms with Gasteiger partial charge in [-0.3, -0.25) is 0 Å². The van der Waals surface area contributed by atoms with Crippen molar-refractivity contribution in [1.82, 2.24) is 9.97 Å². The maximum atomic E-state index is 8.51. The van der Waals surface area contributed by atoms with Gasteiger partial charge in [0.15, 0.2) is 0 Å². The molecule has 3 heterocycles. The summed E-state index contributed by atoms with van der Waals surface area (Å²) in [6.45, 7) is -8.77. The van der Waals surface area contributed by atoms with Gasteiger partial charge in [-0.05, 0) is 113 Å². The van der Waals surface area contributed by atoms with Gasteiger partial charge in [-0.25, -0.2) is 0 Å². The molecule has 0 atom stereocenters. The summed E-state index contributed by atoms with van der Waals surface area (Å²) in [6, 6.07) is 32.7. The van der Waals surface area contributed by atoms with Crippen molar-refractivity contribution < 1.29 is 49.2 Å². The molecule has 0 fully saturated rings. The molecule has 0 N–H and O–H groups in total. The molecular weight excluding hydrogens is 837 g/mol. The summed E-state index contributed by atoms with van der Waals surface area (Å²) in [6.07, 6.45) is 2.44. The number of nitrogens with zero attached hydrogens (tertiary/aromatic N) is 2. The Morgan fingerprint density at radius 2 is 1.30 bits per heavy atom. The Bertz CT molecular complexity index is 3170. The third-order valence-corrected chi connectivity index (χ3v) is 8.95. The summed E-state index contributed by atoms with van der Waals surface area (Å²) >= 11 is 0. The number of hydrogen-bond acceptors (Lipinski definition) is 3. The van der Waals surface area contributed by atoms with Crippen LogP contribution in [-0.4, -0.2) is 9.97 Å². The van der Waals surface area contributed by atoms with E-state index >= 15 is 0 Å². The minimum atomic E-state index is -2.77. The van der Waals surface area contributed by atoms with Gasteiger partial charge in [0.2, 0.25) is 0 Å². The second-order valence-electron chi connectivity index (χ2n) is 13.7. The summed E-state index contributed by atoms with van der Waals surface area (Å²) in [4.78, 5) is 8.52. The van der Waals surface area contributed by atoms with Crippen LogP contribution in [0.4, 0.5) is 0 Å². The molecule has 5 aromatic carbocycles. The Balaban J connectivity index is 0.000000338. The van der Waals surface area contributed by atoms with E-state index in [1.165, 1.54) is 54.7 Å². The predicted molar refractivity (Wildman–Crippen MR) is 222 cm³/mol. The summed E-state index contributed by atoms with van der Waals surface area (Å²) in [5.41, 5.74) is 3.71. The number of benzene rings is 5. The zero-order valence-corrected chi connectivity index (χ0v) is 32.0. The number of aromatic nitrogens is 2. The molecule has 0 saturated heterocycles. The summed E-state index contributed by atoms with van der Waals surface area (Å²) in [5.74, 6) is 0. The van der Waals surface area contributed by atoms with Crippen molar-refractivity contribution in [2.24, 2.45) is 0 Å². The molecule has 4 heteroatoms. The van der Waals surface area contributed by atoms with Crippen LogP contribution in [0.3, 0.4) is 0 Å². The fraction of sp³-hybridized carbons (Fsp3) is 0.200. The first-order chi connectivity index (χ1) is 32.6. The standard InChI is InChI=1S/C37H34NO.C13H12N.Ir/c1-22-11-16-35-33(17-22)28-9-8-10-29(36(28)39-35)34-20-32(25(4)21-38-34)31-19-23(2)30(18-24(31)3)26-12-14-27(15-13-26)37(5,6)7;1-10-3-6-12(7-4-10)13-8-5-11(2)9-14-13;/h8-9,11-21H,1-7H3;3-6,8-9H,1-2H3;/q2*-1;/i1D3,2D3,3D3,4D3;1D3,2D3;. The summed E-state index contributed by atoms with van der Waals surface area (Å²) in [5, 5.41) is 1.12. The Morgan fingerprint density at radius 3 is 1.98 bits per heavy atom. The van der Waals surface area contributed by atoms with Gasteiger partial charge in [-0.15, -0.1) is 53.6 Å². The van der Waals surface area contributed by atoms with E-state index in [1.54, 1.807) is 42.5 Å². The van der Waals surface area contributed by atoms with Crippen LogP contribution in [0.15, 0.2) is 120 Å². The molecule has 1 radical (unpaired) electrons. The number of pyridine rings is 2. The number of rotatable bonds is 4. The topological polar surface area (TPSA) is 38.9 Å². The van der Waals surface area contributed by atoms with Gasteiger partial charge in [0.25, 0.3) is 0 Å². The average molecular weight is 901 g/mol. The van der Waals surface area contributed by atoms with Crippen LogP contribution < -0.4 is 0 Å². The quantitative estimate of drug-likeness (QED) is 0.165. The van der Waals surface area contributed by atoms with Crippen LogP contribution in [0.5, 0.6) is 0 Å². The van der Waals surface area contributed by atoms with E-state index in [0.29, 0.717) is 44.3 Å². The first kappa shape index (κ1) is 21.7. The third-order valence-electron chi connectivity index (χ3n) is 8.95. The SMILES string of the molecule is [2H]C([2H])([2H])c1c[c-]c(-c2ccc(C([2H])([2H])[2H])cn2)cc1.[2H]C([2H])([2H])c1ccc2oc3c(-c4cc(-c5cc(C([2H])([2H])[2H])c(-c6ccc(C(C)(C)C)cc6)cc5C([2H])([2H])[2H])c(C([2H])([2H])[2H])cn4)[c-]ccc3c2c1.[Ir]. The molecule has 273 valence electrons. The number of fused-ring (bicyclic) bond motifs is 3. The molecule has 54 heavy (non-hydrogen) atoms. The molecule has 0 amide bonds. The molecule has 0 spiro atoms. The van der Waals surface area contributed by atoms with Crippen LogP contribution in [0.1, 0.15) is 84.4 Å². The van der Waals surface area contributed by atoms with Gasteiger partial charge in [-0.2, -0.15) is 0 Å². The van der Waals surface area contributed by atoms with Crippen LogP contribution in [0.2, 0.25) is 0 Å². The zero-order chi connectivity index (χ0) is 52.4. The Labute approximate surface area is 359 Å².